The molecule has 0 heterocycles. The Morgan fingerprint density at radius 1 is 1.16 bits per heavy atom. The van der Waals surface area contributed by atoms with Crippen LogP contribution in [-0.2, 0) is 28.8 Å². The van der Waals surface area contributed by atoms with Crippen LogP contribution in [0.2, 0.25) is 0 Å². The van der Waals surface area contributed by atoms with Gasteiger partial charge < -0.3 is 31.4 Å². The van der Waals surface area contributed by atoms with Crippen molar-refractivity contribution in [2.75, 3.05) is 12.3 Å². The van der Waals surface area contributed by atoms with Crippen LogP contribution in [0, 0.1) is 0 Å². The minimum atomic E-state index is -1.85. The molecule has 0 aliphatic rings. The number of nitrogens with two attached hydrogens (primary N) is 1. The van der Waals surface area contributed by atoms with Crippen molar-refractivity contribution in [2.45, 2.75) is 69.2 Å². The quantitative estimate of drug-likeness (QED) is 0.133. The van der Waals surface area contributed by atoms with Crippen LogP contribution in [0.4, 0.5) is 0 Å². The first-order chi connectivity index (χ1) is 15.0. The molecule has 0 radical (unpaired) electrons. The molecule has 11 nitrogen and oxygen atoms in total. The lowest BCUT2D eigenvalue weighted by Crippen LogP contribution is -2.50. The Labute approximate surface area is 186 Å². The maximum absolute atomic E-state index is 12.5. The first kappa shape index (κ1) is 26.6. The molecule has 12 heteroatoms. The lowest BCUT2D eigenvalue weighted by molar-refractivity contribution is -0.139. The lowest BCUT2D eigenvalue weighted by atomic mass is 10.1. The smallest absolute Gasteiger partial charge is 0.322 e. The van der Waals surface area contributed by atoms with Crippen molar-refractivity contribution in [1.29, 1.82) is 0 Å². The maximum atomic E-state index is 12.5. The first-order valence-electron chi connectivity index (χ1n) is 10.3. The van der Waals surface area contributed by atoms with Gasteiger partial charge in [0, 0.05) is 25.0 Å². The maximum Gasteiger partial charge on any atom is 0.322 e. The van der Waals surface area contributed by atoms with Gasteiger partial charge in [0.15, 0.2) is 0 Å². The number of amides is 2. The minimum absolute atomic E-state index is 0.0908. The van der Waals surface area contributed by atoms with Crippen molar-refractivity contribution >= 4 is 47.6 Å². The number of rotatable bonds is 18. The average molecular weight is 463 g/mol. The molecule has 0 aliphatic heterocycles. The highest BCUT2D eigenvalue weighted by Crippen LogP contribution is 2.19. The van der Waals surface area contributed by atoms with E-state index in [9.17, 15) is 28.8 Å². The van der Waals surface area contributed by atoms with Gasteiger partial charge >= 0.3 is 11.9 Å². The SMILES string of the molecule is [2H]C(CC=O)(SC[C@@H](NC(=O)CC[C@H](N)C(=O)O)C(=O)NCC(=O)O)C(=O)CCCCC. The van der Waals surface area contributed by atoms with E-state index >= 15 is 0 Å². The van der Waals surface area contributed by atoms with E-state index < -0.39 is 59.8 Å². The molecule has 0 spiro atoms. The number of carboxylic acids is 2. The highest BCUT2D eigenvalue weighted by molar-refractivity contribution is 8.00. The molecule has 0 saturated heterocycles. The zero-order valence-electron chi connectivity index (χ0n) is 18.4. The van der Waals surface area contributed by atoms with E-state index in [0.717, 1.165) is 12.8 Å². The van der Waals surface area contributed by atoms with E-state index in [-0.39, 0.29) is 25.0 Å². The Kier molecular flexibility index (Phi) is 13.9. The molecule has 1 unspecified atom stereocenters. The van der Waals surface area contributed by atoms with Gasteiger partial charge in [0.25, 0.3) is 0 Å². The Hall–Kier alpha value is -2.47. The van der Waals surface area contributed by atoms with Crippen molar-refractivity contribution in [3.8, 4) is 0 Å². The van der Waals surface area contributed by atoms with Crippen LogP contribution in [0.3, 0.4) is 0 Å². The number of hydrogen-bond donors (Lipinski definition) is 5. The second-order valence-electron chi connectivity index (χ2n) is 6.70. The molecule has 0 aliphatic carbocycles. The van der Waals surface area contributed by atoms with E-state index in [1.165, 1.54) is 0 Å². The number of hydrogen-bond acceptors (Lipinski definition) is 8. The van der Waals surface area contributed by atoms with Crippen LogP contribution in [0.25, 0.3) is 0 Å². The average Bonchev–Trinajstić information content (AvgIpc) is 2.73. The van der Waals surface area contributed by atoms with Crippen molar-refractivity contribution < 1.29 is 40.4 Å². The van der Waals surface area contributed by atoms with Crippen molar-refractivity contribution in [3.63, 3.8) is 0 Å². The van der Waals surface area contributed by atoms with Gasteiger partial charge in [-0.25, -0.2) is 0 Å². The third-order valence-electron chi connectivity index (χ3n) is 4.08. The topological polar surface area (TPSA) is 193 Å². The van der Waals surface area contributed by atoms with Gasteiger partial charge in [-0.3, -0.25) is 24.0 Å². The van der Waals surface area contributed by atoms with Crippen molar-refractivity contribution in [2.24, 2.45) is 5.73 Å². The fourth-order valence-corrected chi connectivity index (χ4v) is 3.38. The highest BCUT2D eigenvalue weighted by Gasteiger charge is 2.26. The summed E-state index contributed by atoms with van der Waals surface area (Å²) in [6, 6.07) is -2.59. The molecule has 0 aromatic rings. The summed E-state index contributed by atoms with van der Waals surface area (Å²) in [5.41, 5.74) is 5.35. The van der Waals surface area contributed by atoms with Gasteiger partial charge in [0.2, 0.25) is 11.8 Å². The molecule has 0 rings (SSSR count). The second kappa shape index (κ2) is 16.3. The summed E-state index contributed by atoms with van der Waals surface area (Å²) in [7, 11) is 0. The summed E-state index contributed by atoms with van der Waals surface area (Å²) in [5, 5.41) is 20.1. The van der Waals surface area contributed by atoms with Gasteiger partial charge in [0.05, 0.1) is 6.60 Å². The van der Waals surface area contributed by atoms with E-state index in [2.05, 4.69) is 10.6 Å². The Morgan fingerprint density at radius 2 is 1.84 bits per heavy atom. The van der Waals surface area contributed by atoms with Crippen LogP contribution in [0.15, 0.2) is 0 Å². The molecule has 0 aromatic heterocycles. The summed E-state index contributed by atoms with van der Waals surface area (Å²) in [5.74, 6) is -4.94. The number of aliphatic carboxylic acids is 2. The van der Waals surface area contributed by atoms with Gasteiger partial charge in [-0.05, 0) is 12.8 Å². The van der Waals surface area contributed by atoms with Crippen LogP contribution in [-0.4, -0.2) is 75.6 Å². The van der Waals surface area contributed by atoms with Crippen LogP contribution >= 0.6 is 11.8 Å². The molecule has 6 N–H and O–H groups in total. The number of ketones is 1. The van der Waals surface area contributed by atoms with Gasteiger partial charge in [-0.1, -0.05) is 19.8 Å². The molecule has 0 fully saturated rings. The Bertz CT molecular complexity index is 693. The van der Waals surface area contributed by atoms with Gasteiger partial charge in [0.1, 0.15) is 30.7 Å². The predicted octanol–water partition coefficient (Wildman–Crippen LogP) is -0.296. The second-order valence-corrected chi connectivity index (χ2v) is 7.82. The number of carboxylic acid groups (broad SMARTS) is 2. The molecule has 176 valence electrons. The third-order valence-corrected chi connectivity index (χ3v) is 5.32. The standard InChI is InChI=1S/C19H31N3O8S/c1-2-3-4-5-14(24)15(8-9-23)31-11-13(18(28)21-10-17(26)27)22-16(25)7-6-12(20)19(29)30/h9,12-13,15H,2-8,10-11,20H2,1H3,(H,21,28)(H,22,25)(H,26,27)(H,29,30)/t12-,13+,15?/m0/s1/i15D. The molecule has 0 bridgehead atoms. The predicted molar refractivity (Wildman–Crippen MR) is 113 cm³/mol. The number of aldehydes is 1. The lowest BCUT2D eigenvalue weighted by Gasteiger charge is -2.20. The summed E-state index contributed by atoms with van der Waals surface area (Å²) in [6.07, 6.45) is 1.81. The molecule has 0 aromatic carbocycles. The number of unbranched alkanes of at least 4 members (excludes halogenated alkanes) is 2. The highest BCUT2D eigenvalue weighted by atomic mass is 32.2. The van der Waals surface area contributed by atoms with Gasteiger partial charge in [-0.2, -0.15) is 0 Å². The van der Waals surface area contributed by atoms with Gasteiger partial charge in [-0.15, -0.1) is 11.8 Å². The monoisotopic (exact) mass is 462 g/mol. The van der Waals surface area contributed by atoms with E-state index in [1.54, 1.807) is 0 Å². The fourth-order valence-electron chi connectivity index (χ4n) is 2.33. The number of Topliss-reactive ketones (excluding diaryl/α,β-unsaturated/α-hetero) is 1. The van der Waals surface area contributed by atoms with E-state index in [0.29, 0.717) is 24.5 Å². The molecular formula is C19H31N3O8S. The Morgan fingerprint density at radius 3 is 2.39 bits per heavy atom. The number of carbonyl (C=O) groups excluding carboxylic acids is 4. The Balaban J connectivity index is 5.25. The molecule has 0 saturated carbocycles. The fraction of sp³-hybridized carbons (Fsp3) is 0.684. The first-order valence-corrected chi connectivity index (χ1v) is 10.8. The van der Waals surface area contributed by atoms with Crippen LogP contribution in [0.5, 0.6) is 0 Å². The summed E-state index contributed by atoms with van der Waals surface area (Å²) < 4.78 is 8.40. The van der Waals surface area contributed by atoms with Crippen LogP contribution in [0.1, 0.15) is 53.2 Å². The van der Waals surface area contributed by atoms with Crippen LogP contribution < -0.4 is 16.4 Å². The summed E-state index contributed by atoms with van der Waals surface area (Å²) in [4.78, 5) is 69.5. The van der Waals surface area contributed by atoms with Crippen molar-refractivity contribution in [3.05, 3.63) is 0 Å². The van der Waals surface area contributed by atoms with E-state index in [4.69, 9.17) is 17.3 Å². The number of carbonyl (C=O) groups is 6. The molecule has 2 amide bonds. The number of thioether (sulfide) groups is 1. The normalized spacial score (nSPS) is 15.0. The largest absolute Gasteiger partial charge is 0.480 e. The van der Waals surface area contributed by atoms with E-state index in [1.807, 2.05) is 6.92 Å². The third kappa shape index (κ3) is 13.4. The summed E-state index contributed by atoms with van der Waals surface area (Å²) >= 11 is 0.701. The molecule has 3 atom stereocenters. The minimum Gasteiger partial charge on any atom is -0.480 e. The number of nitrogens with one attached hydrogen (secondary N) is 2. The summed E-state index contributed by atoms with van der Waals surface area (Å²) in [6.45, 7) is 1.24. The molecular weight excluding hydrogens is 430 g/mol. The van der Waals surface area contributed by atoms with Crippen molar-refractivity contribution in [1.82, 2.24) is 10.6 Å². The molecule has 31 heavy (non-hydrogen) atoms. The zero-order valence-corrected chi connectivity index (χ0v) is 18.2. The zero-order chi connectivity index (χ0) is 24.7.